The summed E-state index contributed by atoms with van der Waals surface area (Å²) < 4.78 is 0. The van der Waals surface area contributed by atoms with Crippen molar-refractivity contribution in [1.29, 1.82) is 0 Å². The van der Waals surface area contributed by atoms with Crippen LogP contribution in [0.25, 0.3) is 0 Å². The average molecular weight is 241 g/mol. The number of amidine groups is 1. The zero-order valence-electron chi connectivity index (χ0n) is 9.68. The Morgan fingerprint density at radius 3 is 2.94 bits per heavy atom. The molecule has 0 saturated heterocycles. The summed E-state index contributed by atoms with van der Waals surface area (Å²) in [5.41, 5.74) is 5.56. The van der Waals surface area contributed by atoms with Crippen molar-refractivity contribution in [3.05, 3.63) is 22.4 Å². The van der Waals surface area contributed by atoms with E-state index in [0.717, 1.165) is 12.8 Å². The number of nitrogens with two attached hydrogens (primary N) is 1. The zero-order chi connectivity index (χ0) is 12.0. The molecule has 1 aromatic heterocycles. The molecule has 0 bridgehead atoms. The van der Waals surface area contributed by atoms with Crippen molar-refractivity contribution in [3.63, 3.8) is 0 Å². The molecule has 4 nitrogen and oxygen atoms in total. The topological polar surface area (TPSA) is 70.6 Å². The Kier molecular flexibility index (Phi) is 5.28. The van der Waals surface area contributed by atoms with Crippen molar-refractivity contribution >= 4 is 17.2 Å². The van der Waals surface area contributed by atoms with E-state index in [0.29, 0.717) is 0 Å². The van der Waals surface area contributed by atoms with Crippen LogP contribution in [0, 0.1) is 0 Å². The molecule has 0 amide bonds. The first-order valence-electron chi connectivity index (χ1n) is 5.45. The van der Waals surface area contributed by atoms with Crippen molar-refractivity contribution < 1.29 is 5.21 Å². The third-order valence-corrected chi connectivity index (χ3v) is 3.46. The number of rotatable bonds is 6. The predicted octanol–water partition coefficient (Wildman–Crippen LogP) is 2.31. The van der Waals surface area contributed by atoms with Crippen molar-refractivity contribution in [2.45, 2.75) is 38.8 Å². The van der Waals surface area contributed by atoms with E-state index in [9.17, 15) is 0 Å². The lowest BCUT2D eigenvalue weighted by molar-refractivity contribution is 0.314. The largest absolute Gasteiger partial charge is 0.409 e. The fourth-order valence-corrected chi connectivity index (χ4v) is 2.38. The van der Waals surface area contributed by atoms with Gasteiger partial charge in [0, 0.05) is 10.9 Å². The lowest BCUT2D eigenvalue weighted by atomic mass is 10.1. The monoisotopic (exact) mass is 241 g/mol. The SMILES string of the molecule is CCCC(NC(C)C(N)=NO)c1cccs1. The van der Waals surface area contributed by atoms with Gasteiger partial charge in [0.05, 0.1) is 6.04 Å². The van der Waals surface area contributed by atoms with Gasteiger partial charge in [-0.05, 0) is 24.8 Å². The molecular formula is C11H19N3OS. The van der Waals surface area contributed by atoms with E-state index in [-0.39, 0.29) is 17.9 Å². The van der Waals surface area contributed by atoms with Gasteiger partial charge in [0.25, 0.3) is 0 Å². The van der Waals surface area contributed by atoms with E-state index < -0.39 is 0 Å². The van der Waals surface area contributed by atoms with Crippen LogP contribution in [-0.4, -0.2) is 17.1 Å². The Morgan fingerprint density at radius 2 is 2.44 bits per heavy atom. The maximum Gasteiger partial charge on any atom is 0.156 e. The third-order valence-electron chi connectivity index (χ3n) is 2.47. The van der Waals surface area contributed by atoms with Gasteiger partial charge in [0.1, 0.15) is 0 Å². The van der Waals surface area contributed by atoms with Crippen molar-refractivity contribution in [1.82, 2.24) is 5.32 Å². The number of hydrogen-bond acceptors (Lipinski definition) is 4. The van der Waals surface area contributed by atoms with Crippen LogP contribution >= 0.6 is 11.3 Å². The van der Waals surface area contributed by atoms with E-state index in [1.54, 1.807) is 11.3 Å². The second kappa shape index (κ2) is 6.50. The van der Waals surface area contributed by atoms with Gasteiger partial charge in [0.2, 0.25) is 0 Å². The number of oxime groups is 1. The Balaban J connectivity index is 2.65. The van der Waals surface area contributed by atoms with Gasteiger partial charge < -0.3 is 10.9 Å². The van der Waals surface area contributed by atoms with Crippen LogP contribution in [0.5, 0.6) is 0 Å². The molecule has 0 aliphatic heterocycles. The Hall–Kier alpha value is -1.07. The summed E-state index contributed by atoms with van der Waals surface area (Å²) in [5.74, 6) is 0.220. The summed E-state index contributed by atoms with van der Waals surface area (Å²) in [6, 6.07) is 4.30. The molecular weight excluding hydrogens is 222 g/mol. The summed E-state index contributed by atoms with van der Waals surface area (Å²) >= 11 is 1.73. The highest BCUT2D eigenvalue weighted by molar-refractivity contribution is 7.10. The van der Waals surface area contributed by atoms with E-state index in [1.165, 1.54) is 4.88 Å². The van der Waals surface area contributed by atoms with Gasteiger partial charge in [-0.2, -0.15) is 0 Å². The molecule has 2 atom stereocenters. The molecule has 0 fully saturated rings. The Bertz CT molecular complexity index is 324. The molecule has 0 saturated carbocycles. The number of hydrogen-bond donors (Lipinski definition) is 3. The molecule has 0 radical (unpaired) electrons. The first-order valence-corrected chi connectivity index (χ1v) is 6.33. The van der Waals surface area contributed by atoms with Crippen molar-refractivity contribution in [2.75, 3.05) is 0 Å². The molecule has 0 spiro atoms. The molecule has 1 heterocycles. The van der Waals surface area contributed by atoms with Crippen molar-refractivity contribution in [3.8, 4) is 0 Å². The fourth-order valence-electron chi connectivity index (χ4n) is 1.56. The maximum absolute atomic E-state index is 8.60. The standard InChI is InChI=1S/C11H19N3OS/c1-3-5-9(10-6-4-7-16-10)13-8(2)11(12)14-15/h4,6-9,13,15H,3,5H2,1-2H3,(H2,12,14). The highest BCUT2D eigenvalue weighted by atomic mass is 32.1. The smallest absolute Gasteiger partial charge is 0.156 e. The third kappa shape index (κ3) is 3.50. The second-order valence-electron chi connectivity index (χ2n) is 3.77. The van der Waals surface area contributed by atoms with E-state index in [1.807, 2.05) is 13.0 Å². The summed E-state index contributed by atoms with van der Waals surface area (Å²) in [4.78, 5) is 1.29. The highest BCUT2D eigenvalue weighted by Crippen LogP contribution is 2.23. The van der Waals surface area contributed by atoms with Gasteiger partial charge in [-0.15, -0.1) is 11.3 Å². The van der Waals surface area contributed by atoms with Crippen LogP contribution in [0.2, 0.25) is 0 Å². The summed E-state index contributed by atoms with van der Waals surface area (Å²) in [6.45, 7) is 4.04. The van der Waals surface area contributed by atoms with Gasteiger partial charge in [-0.3, -0.25) is 5.32 Å². The van der Waals surface area contributed by atoms with E-state index in [4.69, 9.17) is 10.9 Å². The summed E-state index contributed by atoms with van der Waals surface area (Å²) in [7, 11) is 0. The van der Waals surface area contributed by atoms with Crippen LogP contribution in [0.1, 0.15) is 37.6 Å². The molecule has 1 aromatic rings. The average Bonchev–Trinajstić information content (AvgIpc) is 2.80. The normalized spacial score (nSPS) is 16.0. The van der Waals surface area contributed by atoms with Crippen LogP contribution < -0.4 is 11.1 Å². The fraction of sp³-hybridized carbons (Fsp3) is 0.545. The minimum Gasteiger partial charge on any atom is -0.409 e. The predicted molar refractivity (Wildman–Crippen MR) is 68.0 cm³/mol. The van der Waals surface area contributed by atoms with E-state index in [2.05, 4.69) is 28.8 Å². The molecule has 90 valence electrons. The number of thiophene rings is 1. The van der Waals surface area contributed by atoms with Crippen LogP contribution in [0.4, 0.5) is 0 Å². The Morgan fingerprint density at radius 1 is 1.69 bits per heavy atom. The van der Waals surface area contributed by atoms with Gasteiger partial charge in [-0.1, -0.05) is 24.6 Å². The van der Waals surface area contributed by atoms with Crippen LogP contribution in [0.15, 0.2) is 22.7 Å². The van der Waals surface area contributed by atoms with Crippen LogP contribution in [0.3, 0.4) is 0 Å². The maximum atomic E-state index is 8.60. The summed E-state index contributed by atoms with van der Waals surface area (Å²) in [5, 5.41) is 17.1. The highest BCUT2D eigenvalue weighted by Gasteiger charge is 2.16. The molecule has 2 unspecified atom stereocenters. The first kappa shape index (κ1) is 13.0. The molecule has 5 heteroatoms. The Labute approximate surface area is 100 Å². The second-order valence-corrected chi connectivity index (χ2v) is 4.75. The molecule has 16 heavy (non-hydrogen) atoms. The van der Waals surface area contributed by atoms with Gasteiger partial charge in [-0.25, -0.2) is 0 Å². The summed E-state index contributed by atoms with van der Waals surface area (Å²) in [6.07, 6.45) is 2.14. The van der Waals surface area contributed by atoms with Gasteiger partial charge >= 0.3 is 0 Å². The molecule has 4 N–H and O–H groups in total. The quantitative estimate of drug-likeness (QED) is 0.310. The lowest BCUT2D eigenvalue weighted by Gasteiger charge is -2.21. The molecule has 0 aliphatic rings. The van der Waals surface area contributed by atoms with E-state index >= 15 is 0 Å². The molecule has 0 aromatic carbocycles. The number of nitrogens with one attached hydrogen (secondary N) is 1. The first-order chi connectivity index (χ1) is 7.69. The number of nitrogens with zero attached hydrogens (tertiary/aromatic N) is 1. The van der Waals surface area contributed by atoms with Gasteiger partial charge in [0.15, 0.2) is 5.84 Å². The minimum atomic E-state index is -0.122. The molecule has 1 rings (SSSR count). The zero-order valence-corrected chi connectivity index (χ0v) is 10.5. The lowest BCUT2D eigenvalue weighted by Crippen LogP contribution is -2.40. The van der Waals surface area contributed by atoms with Crippen molar-refractivity contribution in [2.24, 2.45) is 10.9 Å². The minimum absolute atomic E-state index is 0.122. The molecule has 0 aliphatic carbocycles. The van der Waals surface area contributed by atoms with Crippen LogP contribution in [-0.2, 0) is 0 Å².